The lowest BCUT2D eigenvalue weighted by Gasteiger charge is -2.13. The molecule has 10 nitrogen and oxygen atoms in total. The second-order valence-corrected chi connectivity index (χ2v) is 7.71. The molecule has 2 aromatic carbocycles. The maximum atomic E-state index is 5.77. The van der Waals surface area contributed by atoms with Gasteiger partial charge in [-0.25, -0.2) is 9.97 Å². The van der Waals surface area contributed by atoms with Crippen LogP contribution in [0, 0.1) is 0 Å². The number of methoxy groups -OCH3 is 4. The maximum absolute atomic E-state index is 5.77. The van der Waals surface area contributed by atoms with Crippen LogP contribution in [0.1, 0.15) is 11.3 Å². The standard InChI is InChI=1S/C25H29N5O5/c1-31-7-8-35-23-14-21-20(13-22(23)34-4)25(27-15-26-21)28-24-11-17(29-30-24)6-5-16-9-18(32-2)12-19(10-16)33-3/h9-15H,5-8H2,1-4H3,(H2,26,27,28,29,30). The van der Waals surface area contributed by atoms with Gasteiger partial charge in [-0.1, -0.05) is 0 Å². The van der Waals surface area contributed by atoms with Gasteiger partial charge in [0.25, 0.3) is 0 Å². The summed E-state index contributed by atoms with van der Waals surface area (Å²) < 4.78 is 27.0. The lowest BCUT2D eigenvalue weighted by Crippen LogP contribution is -2.05. The predicted octanol–water partition coefficient (Wildman–Crippen LogP) is 3.93. The molecule has 10 heteroatoms. The molecular weight excluding hydrogens is 450 g/mol. The van der Waals surface area contributed by atoms with Gasteiger partial charge in [-0.05, 0) is 36.6 Å². The number of benzene rings is 2. The van der Waals surface area contributed by atoms with E-state index in [1.165, 1.54) is 6.33 Å². The lowest BCUT2D eigenvalue weighted by molar-refractivity contribution is 0.144. The van der Waals surface area contributed by atoms with Crippen LogP contribution in [0.3, 0.4) is 0 Å². The number of rotatable bonds is 12. The van der Waals surface area contributed by atoms with Crippen molar-refractivity contribution in [3.8, 4) is 23.0 Å². The van der Waals surface area contributed by atoms with E-state index >= 15 is 0 Å². The Hall–Kier alpha value is -4.05. The van der Waals surface area contributed by atoms with Crippen LogP contribution in [0.15, 0.2) is 42.7 Å². The molecule has 0 aliphatic carbocycles. The molecule has 2 N–H and O–H groups in total. The molecule has 0 saturated heterocycles. The average Bonchev–Trinajstić information content (AvgIpc) is 3.34. The summed E-state index contributed by atoms with van der Waals surface area (Å²) in [6.07, 6.45) is 3.07. The molecule has 35 heavy (non-hydrogen) atoms. The van der Waals surface area contributed by atoms with Gasteiger partial charge in [-0.15, -0.1) is 0 Å². The molecule has 0 bridgehead atoms. The fourth-order valence-electron chi connectivity index (χ4n) is 3.64. The Morgan fingerprint density at radius 2 is 1.60 bits per heavy atom. The van der Waals surface area contributed by atoms with Gasteiger partial charge < -0.3 is 29.0 Å². The molecule has 0 saturated carbocycles. The first-order valence-electron chi connectivity index (χ1n) is 11.1. The first-order chi connectivity index (χ1) is 17.1. The Balaban J connectivity index is 1.48. The molecule has 0 aliphatic heterocycles. The van der Waals surface area contributed by atoms with Crippen LogP contribution in [0.2, 0.25) is 0 Å². The smallest absolute Gasteiger partial charge is 0.163 e. The Labute approximate surface area is 203 Å². The zero-order valence-corrected chi connectivity index (χ0v) is 20.3. The number of hydrogen-bond donors (Lipinski definition) is 2. The topological polar surface area (TPSA) is 113 Å². The van der Waals surface area contributed by atoms with E-state index in [1.807, 2.05) is 36.4 Å². The summed E-state index contributed by atoms with van der Waals surface area (Å²) in [5.74, 6) is 3.99. The van der Waals surface area contributed by atoms with Gasteiger partial charge in [0.1, 0.15) is 30.3 Å². The summed E-state index contributed by atoms with van der Waals surface area (Å²) in [4.78, 5) is 8.78. The first-order valence-corrected chi connectivity index (χ1v) is 11.1. The van der Waals surface area contributed by atoms with E-state index in [0.717, 1.165) is 46.5 Å². The minimum absolute atomic E-state index is 0.410. The first kappa shape index (κ1) is 24.1. The molecule has 0 fully saturated rings. The fourth-order valence-corrected chi connectivity index (χ4v) is 3.64. The van der Waals surface area contributed by atoms with Crippen molar-refractivity contribution in [2.24, 2.45) is 0 Å². The van der Waals surface area contributed by atoms with Crippen molar-refractivity contribution >= 4 is 22.5 Å². The monoisotopic (exact) mass is 479 g/mol. The highest BCUT2D eigenvalue weighted by Gasteiger charge is 2.13. The molecule has 0 unspecified atom stereocenters. The predicted molar refractivity (Wildman–Crippen MR) is 132 cm³/mol. The van der Waals surface area contributed by atoms with E-state index in [1.54, 1.807) is 28.4 Å². The van der Waals surface area contributed by atoms with E-state index in [2.05, 4.69) is 25.5 Å². The Bertz CT molecular complexity index is 1250. The van der Waals surface area contributed by atoms with Gasteiger partial charge >= 0.3 is 0 Å². The molecule has 0 aliphatic rings. The van der Waals surface area contributed by atoms with E-state index < -0.39 is 0 Å². The van der Waals surface area contributed by atoms with Crippen molar-refractivity contribution in [2.75, 3.05) is 47.0 Å². The third-order valence-electron chi connectivity index (χ3n) is 5.44. The lowest BCUT2D eigenvalue weighted by atomic mass is 10.1. The number of ether oxygens (including phenoxy) is 5. The van der Waals surface area contributed by atoms with Crippen molar-refractivity contribution in [3.05, 3.63) is 54.0 Å². The SMILES string of the molecule is COCCOc1cc2ncnc(Nc3cc(CCc4cc(OC)cc(OC)c4)[nH]n3)c2cc1OC. The quantitative estimate of drug-likeness (QED) is 0.292. The van der Waals surface area contributed by atoms with Crippen LogP contribution in [0.5, 0.6) is 23.0 Å². The highest BCUT2D eigenvalue weighted by atomic mass is 16.5. The van der Waals surface area contributed by atoms with E-state index in [9.17, 15) is 0 Å². The normalized spacial score (nSPS) is 10.9. The number of aromatic nitrogens is 4. The summed E-state index contributed by atoms with van der Waals surface area (Å²) in [5, 5.41) is 11.5. The number of aromatic amines is 1. The zero-order valence-electron chi connectivity index (χ0n) is 20.3. The number of anilines is 2. The van der Waals surface area contributed by atoms with Crippen molar-refractivity contribution in [1.82, 2.24) is 20.2 Å². The fraction of sp³-hybridized carbons (Fsp3) is 0.320. The summed E-state index contributed by atoms with van der Waals surface area (Å²) in [6, 6.07) is 11.5. The number of hydrogen-bond acceptors (Lipinski definition) is 9. The summed E-state index contributed by atoms with van der Waals surface area (Å²) in [6.45, 7) is 0.887. The van der Waals surface area contributed by atoms with Crippen LogP contribution in [0.4, 0.5) is 11.6 Å². The zero-order chi connectivity index (χ0) is 24.6. The van der Waals surface area contributed by atoms with Gasteiger partial charge in [0.15, 0.2) is 17.3 Å². The van der Waals surface area contributed by atoms with Crippen molar-refractivity contribution < 1.29 is 23.7 Å². The second kappa shape index (κ2) is 11.4. The van der Waals surface area contributed by atoms with Gasteiger partial charge in [-0.2, -0.15) is 5.10 Å². The van der Waals surface area contributed by atoms with Crippen LogP contribution in [0.25, 0.3) is 10.9 Å². The third-order valence-corrected chi connectivity index (χ3v) is 5.44. The maximum Gasteiger partial charge on any atom is 0.163 e. The molecule has 4 rings (SSSR count). The van der Waals surface area contributed by atoms with Gasteiger partial charge in [0.2, 0.25) is 0 Å². The van der Waals surface area contributed by atoms with E-state index in [0.29, 0.717) is 36.3 Å². The molecule has 0 amide bonds. The number of nitrogens with zero attached hydrogens (tertiary/aromatic N) is 3. The summed E-state index contributed by atoms with van der Waals surface area (Å²) >= 11 is 0. The second-order valence-electron chi connectivity index (χ2n) is 7.71. The third kappa shape index (κ3) is 5.90. The van der Waals surface area contributed by atoms with Crippen molar-refractivity contribution in [3.63, 3.8) is 0 Å². The van der Waals surface area contributed by atoms with Crippen molar-refractivity contribution in [1.29, 1.82) is 0 Å². The highest BCUT2D eigenvalue weighted by molar-refractivity contribution is 5.92. The number of aryl methyl sites for hydroxylation is 2. The number of fused-ring (bicyclic) bond motifs is 1. The Morgan fingerprint density at radius 3 is 2.31 bits per heavy atom. The van der Waals surface area contributed by atoms with E-state index in [4.69, 9.17) is 23.7 Å². The van der Waals surface area contributed by atoms with Gasteiger partial charge in [0, 0.05) is 36.4 Å². The van der Waals surface area contributed by atoms with Crippen LogP contribution in [-0.2, 0) is 17.6 Å². The molecular formula is C25H29N5O5. The molecule has 2 heterocycles. The molecule has 0 radical (unpaired) electrons. The largest absolute Gasteiger partial charge is 0.497 e. The minimum atomic E-state index is 0.410. The van der Waals surface area contributed by atoms with Crippen molar-refractivity contribution in [2.45, 2.75) is 12.8 Å². The summed E-state index contributed by atoms with van der Waals surface area (Å²) in [7, 11) is 6.52. The molecule has 2 aromatic heterocycles. The molecule has 4 aromatic rings. The van der Waals surface area contributed by atoms with E-state index in [-0.39, 0.29) is 0 Å². The average molecular weight is 480 g/mol. The minimum Gasteiger partial charge on any atom is -0.497 e. The van der Waals surface area contributed by atoms with Crippen LogP contribution in [-0.4, -0.2) is 61.8 Å². The highest BCUT2D eigenvalue weighted by Crippen LogP contribution is 2.34. The van der Waals surface area contributed by atoms with Crippen LogP contribution < -0.4 is 24.3 Å². The van der Waals surface area contributed by atoms with Gasteiger partial charge in [-0.3, -0.25) is 5.10 Å². The molecule has 184 valence electrons. The molecule has 0 atom stereocenters. The van der Waals surface area contributed by atoms with Gasteiger partial charge in [0.05, 0.1) is 33.5 Å². The summed E-state index contributed by atoms with van der Waals surface area (Å²) in [5.41, 5.74) is 2.82. The number of H-pyrrole nitrogens is 1. The Morgan fingerprint density at radius 1 is 0.800 bits per heavy atom. The van der Waals surface area contributed by atoms with Crippen LogP contribution >= 0.6 is 0 Å². The number of nitrogens with one attached hydrogen (secondary N) is 2. The Kier molecular flexibility index (Phi) is 7.84. The molecule has 0 spiro atoms.